The first-order valence-electron chi connectivity index (χ1n) is 6.05. The number of amides is 1. The molecule has 0 bridgehead atoms. The van der Waals surface area contributed by atoms with Gasteiger partial charge < -0.3 is 4.74 Å². The minimum atomic E-state index is -0.557. The van der Waals surface area contributed by atoms with E-state index in [4.69, 9.17) is 0 Å². The fraction of sp³-hybridized carbons (Fsp3) is 0.125. The molecule has 1 N–H and O–H groups in total. The molecule has 0 aliphatic heterocycles. The standard InChI is InChI=1S/C16H16NO2/c1-12-10-14(11-13-6-4-3-5-7-13)8-9-15(12)17-16(18)19-2/h3-10H,2,11H2,1H3,(H,17,18). The van der Waals surface area contributed by atoms with Crippen molar-refractivity contribution in [2.24, 2.45) is 0 Å². The molecular weight excluding hydrogens is 238 g/mol. The van der Waals surface area contributed by atoms with Gasteiger partial charge in [-0.1, -0.05) is 42.5 Å². The van der Waals surface area contributed by atoms with Gasteiger partial charge in [0.1, 0.15) is 7.11 Å². The Morgan fingerprint density at radius 1 is 1.16 bits per heavy atom. The summed E-state index contributed by atoms with van der Waals surface area (Å²) < 4.78 is 4.33. The molecule has 1 amide bonds. The Kier molecular flexibility index (Phi) is 4.18. The van der Waals surface area contributed by atoms with Gasteiger partial charge in [-0.05, 0) is 36.1 Å². The van der Waals surface area contributed by atoms with Crippen LogP contribution in [0.25, 0.3) is 0 Å². The predicted molar refractivity (Wildman–Crippen MR) is 75.9 cm³/mol. The number of aryl methyl sites for hydroxylation is 1. The third kappa shape index (κ3) is 3.58. The quantitative estimate of drug-likeness (QED) is 0.901. The van der Waals surface area contributed by atoms with Crippen LogP contribution in [0.5, 0.6) is 0 Å². The highest BCUT2D eigenvalue weighted by Gasteiger charge is 2.05. The number of benzene rings is 2. The minimum Gasteiger partial charge on any atom is -0.446 e. The molecule has 97 valence electrons. The first-order valence-corrected chi connectivity index (χ1v) is 6.05. The molecular formula is C16H16NO2. The number of ether oxygens (including phenoxy) is 1. The molecule has 2 rings (SSSR count). The van der Waals surface area contributed by atoms with Crippen molar-refractivity contribution in [3.8, 4) is 0 Å². The number of rotatable bonds is 3. The molecule has 0 aliphatic rings. The maximum atomic E-state index is 11.1. The number of hydrogen-bond acceptors (Lipinski definition) is 2. The SMILES string of the molecule is [CH2]OC(=O)Nc1ccc(Cc2ccccc2)cc1C. The normalized spacial score (nSPS) is 10.0. The summed E-state index contributed by atoms with van der Waals surface area (Å²) in [5.74, 6) is 0. The largest absolute Gasteiger partial charge is 0.446 e. The van der Waals surface area contributed by atoms with Crippen LogP contribution in [0, 0.1) is 14.0 Å². The fourth-order valence-corrected chi connectivity index (χ4v) is 1.95. The zero-order chi connectivity index (χ0) is 13.7. The van der Waals surface area contributed by atoms with Crippen LogP contribution in [0.2, 0.25) is 0 Å². The van der Waals surface area contributed by atoms with Crippen LogP contribution < -0.4 is 5.32 Å². The molecule has 3 nitrogen and oxygen atoms in total. The highest BCUT2D eigenvalue weighted by atomic mass is 16.5. The summed E-state index contributed by atoms with van der Waals surface area (Å²) in [6, 6.07) is 16.2. The maximum Gasteiger partial charge on any atom is 0.411 e. The Labute approximate surface area is 113 Å². The first-order chi connectivity index (χ1) is 9.19. The van der Waals surface area contributed by atoms with Crippen molar-refractivity contribution in [1.29, 1.82) is 0 Å². The lowest BCUT2D eigenvalue weighted by Crippen LogP contribution is -2.11. The lowest BCUT2D eigenvalue weighted by molar-refractivity contribution is 0.199. The molecule has 0 aromatic heterocycles. The van der Waals surface area contributed by atoms with Crippen LogP contribution in [-0.4, -0.2) is 6.09 Å². The summed E-state index contributed by atoms with van der Waals surface area (Å²) in [4.78, 5) is 11.1. The number of hydrogen-bond donors (Lipinski definition) is 1. The molecule has 2 aromatic rings. The highest BCUT2D eigenvalue weighted by Crippen LogP contribution is 2.19. The molecule has 2 aromatic carbocycles. The molecule has 0 unspecified atom stereocenters. The van der Waals surface area contributed by atoms with Gasteiger partial charge in [0.2, 0.25) is 0 Å². The average molecular weight is 254 g/mol. The Bertz CT molecular complexity index is 564. The van der Waals surface area contributed by atoms with Crippen molar-refractivity contribution in [2.45, 2.75) is 13.3 Å². The molecule has 0 saturated carbocycles. The second-order valence-electron chi connectivity index (χ2n) is 4.37. The van der Waals surface area contributed by atoms with E-state index in [1.54, 1.807) is 0 Å². The van der Waals surface area contributed by atoms with E-state index in [0.29, 0.717) is 0 Å². The molecule has 1 radical (unpaired) electrons. The monoisotopic (exact) mass is 254 g/mol. The van der Waals surface area contributed by atoms with Crippen molar-refractivity contribution in [3.63, 3.8) is 0 Å². The Morgan fingerprint density at radius 2 is 1.89 bits per heavy atom. The second kappa shape index (κ2) is 6.05. The molecule has 0 aliphatic carbocycles. The van der Waals surface area contributed by atoms with E-state index in [0.717, 1.165) is 17.7 Å². The zero-order valence-corrected chi connectivity index (χ0v) is 10.8. The highest BCUT2D eigenvalue weighted by molar-refractivity contribution is 5.85. The summed E-state index contributed by atoms with van der Waals surface area (Å²) in [7, 11) is 3.07. The van der Waals surface area contributed by atoms with E-state index in [1.165, 1.54) is 11.1 Å². The fourth-order valence-electron chi connectivity index (χ4n) is 1.95. The van der Waals surface area contributed by atoms with Crippen molar-refractivity contribution < 1.29 is 9.53 Å². The molecule has 19 heavy (non-hydrogen) atoms. The van der Waals surface area contributed by atoms with E-state index in [9.17, 15) is 4.79 Å². The van der Waals surface area contributed by atoms with Gasteiger partial charge in [-0.3, -0.25) is 5.32 Å². The number of anilines is 1. The van der Waals surface area contributed by atoms with E-state index >= 15 is 0 Å². The smallest absolute Gasteiger partial charge is 0.411 e. The molecule has 0 fully saturated rings. The van der Waals surface area contributed by atoms with Crippen LogP contribution >= 0.6 is 0 Å². The molecule has 3 heteroatoms. The average Bonchev–Trinajstić information content (AvgIpc) is 2.43. The Balaban J connectivity index is 2.13. The third-order valence-electron chi connectivity index (χ3n) is 2.91. The summed E-state index contributed by atoms with van der Waals surface area (Å²) in [5, 5.41) is 2.63. The van der Waals surface area contributed by atoms with Crippen molar-refractivity contribution in [3.05, 3.63) is 72.3 Å². The number of carbonyl (C=O) groups excluding carboxylic acids is 1. The van der Waals surface area contributed by atoms with E-state index < -0.39 is 6.09 Å². The van der Waals surface area contributed by atoms with E-state index in [2.05, 4.69) is 35.4 Å². The van der Waals surface area contributed by atoms with Crippen LogP contribution in [0.1, 0.15) is 16.7 Å². The second-order valence-corrected chi connectivity index (χ2v) is 4.37. The van der Waals surface area contributed by atoms with Crippen molar-refractivity contribution in [2.75, 3.05) is 5.32 Å². The summed E-state index contributed by atoms with van der Waals surface area (Å²) in [5.41, 5.74) is 4.21. The third-order valence-corrected chi connectivity index (χ3v) is 2.91. The molecule has 0 saturated heterocycles. The van der Waals surface area contributed by atoms with Gasteiger partial charge >= 0.3 is 6.09 Å². The van der Waals surface area contributed by atoms with E-state index in [1.807, 2.05) is 37.3 Å². The van der Waals surface area contributed by atoms with Crippen molar-refractivity contribution >= 4 is 11.8 Å². The number of nitrogens with one attached hydrogen (secondary N) is 1. The van der Waals surface area contributed by atoms with E-state index in [-0.39, 0.29) is 0 Å². The first kappa shape index (κ1) is 13.1. The minimum absolute atomic E-state index is 0.557. The van der Waals surface area contributed by atoms with Gasteiger partial charge in [0.25, 0.3) is 0 Å². The van der Waals surface area contributed by atoms with Gasteiger partial charge in [-0.25, -0.2) is 4.79 Å². The van der Waals surface area contributed by atoms with Gasteiger partial charge in [-0.2, -0.15) is 0 Å². The summed E-state index contributed by atoms with van der Waals surface area (Å²) in [6.45, 7) is 1.95. The molecule has 0 spiro atoms. The maximum absolute atomic E-state index is 11.1. The Morgan fingerprint density at radius 3 is 2.53 bits per heavy atom. The van der Waals surface area contributed by atoms with Crippen LogP contribution in [0.4, 0.5) is 10.5 Å². The van der Waals surface area contributed by atoms with Crippen LogP contribution in [-0.2, 0) is 11.2 Å². The molecule has 0 atom stereocenters. The van der Waals surface area contributed by atoms with Crippen LogP contribution in [0.3, 0.4) is 0 Å². The van der Waals surface area contributed by atoms with Gasteiger partial charge in [0.05, 0.1) is 0 Å². The summed E-state index contributed by atoms with van der Waals surface area (Å²) >= 11 is 0. The van der Waals surface area contributed by atoms with Gasteiger partial charge in [-0.15, -0.1) is 0 Å². The van der Waals surface area contributed by atoms with Crippen molar-refractivity contribution in [1.82, 2.24) is 0 Å². The Hall–Kier alpha value is -2.29. The van der Waals surface area contributed by atoms with Gasteiger partial charge in [0, 0.05) is 5.69 Å². The predicted octanol–water partition coefficient (Wildman–Crippen LogP) is 3.93. The lowest BCUT2D eigenvalue weighted by atomic mass is 10.0. The topological polar surface area (TPSA) is 38.3 Å². The van der Waals surface area contributed by atoms with Crippen LogP contribution in [0.15, 0.2) is 48.5 Å². The zero-order valence-electron chi connectivity index (χ0n) is 10.8. The lowest BCUT2D eigenvalue weighted by Gasteiger charge is -2.09. The van der Waals surface area contributed by atoms with Gasteiger partial charge in [0.15, 0.2) is 0 Å². The molecule has 0 heterocycles. The summed E-state index contributed by atoms with van der Waals surface area (Å²) in [6.07, 6.45) is 0.320. The number of carbonyl (C=O) groups is 1.